The fraction of sp³-hybridized carbons (Fsp3) is 0.111. The highest BCUT2D eigenvalue weighted by Gasteiger charge is 1.99. The second-order valence-electron chi connectivity index (χ2n) is 2.66. The molecule has 0 fully saturated rings. The molecule has 1 aromatic carbocycles. The van der Waals surface area contributed by atoms with Crippen molar-refractivity contribution in [2.45, 2.75) is 5.75 Å². The zero-order chi connectivity index (χ0) is 9.80. The second kappa shape index (κ2) is 4.48. The molecular weight excluding hydrogens is 218 g/mol. The Bertz CT molecular complexity index is 402. The van der Waals surface area contributed by atoms with Crippen LogP contribution in [-0.2, 0) is 5.75 Å². The Hall–Kier alpha value is -1.00. The fourth-order valence-electron chi connectivity index (χ4n) is 1.02. The minimum absolute atomic E-state index is 0.792. The molecule has 0 atom stereocenters. The Morgan fingerprint density at radius 2 is 2.21 bits per heavy atom. The van der Waals surface area contributed by atoms with E-state index in [1.54, 1.807) is 22.4 Å². The third-order valence-electron chi connectivity index (χ3n) is 1.71. The van der Waals surface area contributed by atoms with E-state index in [-0.39, 0.29) is 0 Å². The highest BCUT2D eigenvalue weighted by atomic mass is 35.5. The van der Waals surface area contributed by atoms with Gasteiger partial charge in [-0.3, -0.25) is 0 Å². The summed E-state index contributed by atoms with van der Waals surface area (Å²) in [5.41, 5.74) is 1.11. The molecule has 0 aliphatic rings. The van der Waals surface area contributed by atoms with Crippen molar-refractivity contribution in [1.82, 2.24) is 14.2 Å². The molecule has 1 heterocycles. The van der Waals surface area contributed by atoms with Crippen molar-refractivity contribution >= 4 is 23.5 Å². The van der Waals surface area contributed by atoms with Gasteiger partial charge in [-0.15, -0.1) is 5.10 Å². The average molecular weight is 226 g/mol. The average Bonchev–Trinajstić information content (AvgIpc) is 2.69. The van der Waals surface area contributed by atoms with E-state index in [1.165, 1.54) is 6.33 Å². The molecule has 5 heteroatoms. The van der Waals surface area contributed by atoms with Gasteiger partial charge in [0.25, 0.3) is 0 Å². The second-order valence-corrected chi connectivity index (χ2v) is 3.99. The van der Waals surface area contributed by atoms with Crippen LogP contribution in [0.1, 0.15) is 5.56 Å². The Kier molecular flexibility index (Phi) is 3.06. The number of nitrogens with zero attached hydrogens (tertiary/aromatic N) is 3. The predicted molar refractivity (Wildman–Crippen MR) is 58.2 cm³/mol. The lowest BCUT2D eigenvalue weighted by Gasteiger charge is -2.02. The van der Waals surface area contributed by atoms with Crippen LogP contribution in [0.4, 0.5) is 0 Å². The van der Waals surface area contributed by atoms with Gasteiger partial charge in [-0.2, -0.15) is 4.09 Å². The summed E-state index contributed by atoms with van der Waals surface area (Å²) in [5.74, 6) is 0.795. The van der Waals surface area contributed by atoms with Crippen molar-refractivity contribution in [3.05, 3.63) is 47.5 Å². The lowest BCUT2D eigenvalue weighted by atomic mass is 10.2. The number of benzene rings is 1. The number of halogens is 1. The van der Waals surface area contributed by atoms with Crippen molar-refractivity contribution in [3.63, 3.8) is 0 Å². The van der Waals surface area contributed by atoms with E-state index >= 15 is 0 Å². The maximum absolute atomic E-state index is 6.01. The SMILES string of the molecule is Clc1ccccc1CSn1cncn1. The molecule has 0 spiro atoms. The molecule has 3 nitrogen and oxygen atoms in total. The van der Waals surface area contributed by atoms with E-state index in [4.69, 9.17) is 11.6 Å². The fourth-order valence-corrected chi connectivity index (χ4v) is 2.05. The summed E-state index contributed by atoms with van der Waals surface area (Å²) < 4.78 is 1.71. The molecule has 0 aliphatic carbocycles. The van der Waals surface area contributed by atoms with Crippen molar-refractivity contribution in [1.29, 1.82) is 0 Å². The summed E-state index contributed by atoms with van der Waals surface area (Å²) in [7, 11) is 0. The Balaban J connectivity index is 2.02. The largest absolute Gasteiger partial charge is 0.222 e. The first kappa shape index (κ1) is 9.55. The summed E-state index contributed by atoms with van der Waals surface area (Å²) in [6.45, 7) is 0. The van der Waals surface area contributed by atoms with Crippen LogP contribution in [0.15, 0.2) is 36.9 Å². The molecule has 0 N–H and O–H groups in total. The van der Waals surface area contributed by atoms with Crippen LogP contribution >= 0.6 is 23.5 Å². The van der Waals surface area contributed by atoms with E-state index < -0.39 is 0 Å². The van der Waals surface area contributed by atoms with Gasteiger partial charge in [0, 0.05) is 10.8 Å². The summed E-state index contributed by atoms with van der Waals surface area (Å²) in [5, 5.41) is 4.78. The first-order valence-electron chi connectivity index (χ1n) is 4.07. The molecule has 0 aliphatic heterocycles. The molecule has 2 aromatic rings. The molecule has 1 aromatic heterocycles. The van der Waals surface area contributed by atoms with Gasteiger partial charge in [-0.25, -0.2) is 4.98 Å². The topological polar surface area (TPSA) is 30.7 Å². The van der Waals surface area contributed by atoms with Crippen LogP contribution in [0.5, 0.6) is 0 Å². The van der Waals surface area contributed by atoms with Crippen LogP contribution < -0.4 is 0 Å². The highest BCUT2D eigenvalue weighted by Crippen LogP contribution is 2.20. The predicted octanol–water partition coefficient (Wildman–Crippen LogP) is 2.63. The smallest absolute Gasteiger partial charge is 0.138 e. The van der Waals surface area contributed by atoms with E-state index in [1.807, 2.05) is 24.3 Å². The summed E-state index contributed by atoms with van der Waals surface area (Å²) in [6, 6.07) is 7.79. The molecule has 72 valence electrons. The van der Waals surface area contributed by atoms with E-state index in [0.29, 0.717) is 0 Å². The van der Waals surface area contributed by atoms with Crippen LogP contribution in [0.3, 0.4) is 0 Å². The van der Waals surface area contributed by atoms with Crippen LogP contribution in [0.2, 0.25) is 5.02 Å². The van der Waals surface area contributed by atoms with Crippen molar-refractivity contribution < 1.29 is 0 Å². The Morgan fingerprint density at radius 3 is 2.93 bits per heavy atom. The van der Waals surface area contributed by atoms with Gasteiger partial charge in [0.2, 0.25) is 0 Å². The summed E-state index contributed by atoms with van der Waals surface area (Å²) in [4.78, 5) is 3.85. The lowest BCUT2D eigenvalue weighted by molar-refractivity contribution is 1.01. The molecule has 0 unspecified atom stereocenters. The first-order chi connectivity index (χ1) is 6.86. The number of hydrogen-bond donors (Lipinski definition) is 0. The Labute approximate surface area is 91.2 Å². The van der Waals surface area contributed by atoms with E-state index in [2.05, 4.69) is 10.1 Å². The van der Waals surface area contributed by atoms with Gasteiger partial charge in [-0.1, -0.05) is 29.8 Å². The van der Waals surface area contributed by atoms with E-state index in [0.717, 1.165) is 16.3 Å². The zero-order valence-corrected chi connectivity index (χ0v) is 8.87. The van der Waals surface area contributed by atoms with Gasteiger partial charge in [-0.05, 0) is 23.6 Å². The van der Waals surface area contributed by atoms with Crippen molar-refractivity contribution in [3.8, 4) is 0 Å². The van der Waals surface area contributed by atoms with Crippen LogP contribution in [-0.4, -0.2) is 14.2 Å². The molecule has 0 amide bonds. The molecule has 14 heavy (non-hydrogen) atoms. The van der Waals surface area contributed by atoms with Gasteiger partial charge in [0.15, 0.2) is 0 Å². The quantitative estimate of drug-likeness (QED) is 0.805. The number of hydrogen-bond acceptors (Lipinski definition) is 3. The minimum Gasteiger partial charge on any atom is -0.222 e. The molecule has 0 saturated carbocycles. The van der Waals surface area contributed by atoms with Crippen molar-refractivity contribution in [2.75, 3.05) is 0 Å². The molecule has 0 saturated heterocycles. The van der Waals surface area contributed by atoms with Gasteiger partial charge in [0.1, 0.15) is 12.7 Å². The number of aromatic nitrogens is 3. The van der Waals surface area contributed by atoms with Gasteiger partial charge in [0.05, 0.1) is 0 Å². The molecule has 0 radical (unpaired) electrons. The van der Waals surface area contributed by atoms with Gasteiger partial charge >= 0.3 is 0 Å². The highest BCUT2D eigenvalue weighted by molar-refractivity contribution is 7.96. The summed E-state index contributed by atoms with van der Waals surface area (Å²) in [6.07, 6.45) is 3.18. The maximum atomic E-state index is 6.01. The molecule has 2 rings (SSSR count). The molecular formula is C9H8ClN3S. The van der Waals surface area contributed by atoms with Gasteiger partial charge < -0.3 is 0 Å². The van der Waals surface area contributed by atoms with Crippen LogP contribution in [0, 0.1) is 0 Å². The third kappa shape index (κ3) is 2.27. The van der Waals surface area contributed by atoms with E-state index in [9.17, 15) is 0 Å². The number of rotatable bonds is 3. The summed E-state index contributed by atoms with van der Waals surface area (Å²) >= 11 is 7.56. The normalized spacial score (nSPS) is 10.4. The standard InChI is InChI=1S/C9H8ClN3S/c10-9-4-2-1-3-8(9)5-14-13-7-11-6-12-13/h1-4,6-7H,5H2. The lowest BCUT2D eigenvalue weighted by Crippen LogP contribution is -1.89. The molecule has 0 bridgehead atoms. The Morgan fingerprint density at radius 1 is 1.36 bits per heavy atom. The third-order valence-corrected chi connectivity index (χ3v) is 2.97. The minimum atomic E-state index is 0.792. The zero-order valence-electron chi connectivity index (χ0n) is 7.30. The maximum Gasteiger partial charge on any atom is 0.138 e. The van der Waals surface area contributed by atoms with Crippen LogP contribution in [0.25, 0.3) is 0 Å². The first-order valence-corrected chi connectivity index (χ1v) is 5.39. The monoisotopic (exact) mass is 225 g/mol. The van der Waals surface area contributed by atoms with Crippen molar-refractivity contribution in [2.24, 2.45) is 0 Å².